The lowest BCUT2D eigenvalue weighted by molar-refractivity contribution is -0.131. The van der Waals surface area contributed by atoms with E-state index in [1.165, 1.54) is 37.1 Å². The summed E-state index contributed by atoms with van der Waals surface area (Å²) < 4.78 is 12.9. The summed E-state index contributed by atoms with van der Waals surface area (Å²) in [6, 6.07) is 1.79. The summed E-state index contributed by atoms with van der Waals surface area (Å²) in [7, 11) is -4.12. The monoisotopic (exact) mass is 789 g/mol. The zero-order chi connectivity index (χ0) is 39.0. The van der Waals surface area contributed by atoms with Crippen LogP contribution in [0.25, 0.3) is 0 Å². The number of amides is 2. The Hall–Kier alpha value is -3.91. The largest absolute Gasteiger partial charge is 0.353 e. The van der Waals surface area contributed by atoms with Gasteiger partial charge in [0.15, 0.2) is 0 Å². The van der Waals surface area contributed by atoms with E-state index in [0.29, 0.717) is 44.4 Å². The van der Waals surface area contributed by atoms with E-state index in [1.807, 2.05) is 23.9 Å². The Labute approximate surface area is 322 Å². The summed E-state index contributed by atoms with van der Waals surface area (Å²) in [6.45, 7) is 8.70. The molecule has 1 atom stereocenters. The summed E-state index contributed by atoms with van der Waals surface area (Å²) >= 11 is 0. The lowest BCUT2D eigenvalue weighted by Crippen LogP contribution is -2.49. The highest BCUT2D eigenvalue weighted by Crippen LogP contribution is 2.33. The van der Waals surface area contributed by atoms with Crippen molar-refractivity contribution in [2.24, 2.45) is 5.73 Å². The number of rotatable bonds is 22. The van der Waals surface area contributed by atoms with Crippen LogP contribution in [-0.4, -0.2) is 134 Å². The predicted octanol–water partition coefficient (Wildman–Crippen LogP) is -0.503. The molecule has 0 radical (unpaired) electrons. The second-order valence-corrected chi connectivity index (χ2v) is 16.2. The number of aromatic nitrogens is 5. The normalized spacial score (nSPS) is 17.2. The van der Waals surface area contributed by atoms with Gasteiger partial charge in [0.2, 0.25) is 17.8 Å². The molecule has 2 amide bonds. The first kappa shape index (κ1) is 42.2. The molecule has 2 fully saturated rings. The van der Waals surface area contributed by atoms with Crippen LogP contribution in [0.3, 0.4) is 0 Å². The van der Waals surface area contributed by atoms with Crippen molar-refractivity contribution in [2.45, 2.75) is 89.9 Å². The highest BCUT2D eigenvalue weighted by molar-refractivity contribution is 7.51. The van der Waals surface area contributed by atoms with Gasteiger partial charge in [0.1, 0.15) is 11.5 Å². The maximum Gasteiger partial charge on any atom is 0.327 e. The van der Waals surface area contributed by atoms with Crippen molar-refractivity contribution in [3.8, 4) is 0 Å². The summed E-state index contributed by atoms with van der Waals surface area (Å²) in [4.78, 5) is 56.8. The molecule has 2 aliphatic heterocycles. The minimum Gasteiger partial charge on any atom is -0.353 e. The standard InChI is InChI=1S/C34H60N15O5P/c1-26-21-31(41-34(40-26)39-23-29-24-48(44-43-29)14-6-12-36-11-5-13-37-27-7-3-2-4-8-27)46-15-17-47(18-16-46)32(50)10-9-30(35)33(51)38-22-28-25-49(45-42-28)19-20-55(52,53)54/h21,24-25,27,30,36-37,42,45H,2-20,22-23,35H2,1H3,(H,38,51)(H,39,40,41)(H2,52,53,54)/t30-/m0/s1. The summed E-state index contributed by atoms with van der Waals surface area (Å²) in [5.41, 5.74) is 13.9. The van der Waals surface area contributed by atoms with E-state index in [-0.39, 0.29) is 38.0 Å². The van der Waals surface area contributed by atoms with Gasteiger partial charge in [-0.25, -0.2) is 4.98 Å². The third-order valence-corrected chi connectivity index (χ3v) is 10.7. The van der Waals surface area contributed by atoms with Crippen LogP contribution < -0.4 is 42.9 Å². The molecule has 2 aromatic heterocycles. The fourth-order valence-electron chi connectivity index (χ4n) is 6.72. The van der Waals surface area contributed by atoms with Crippen LogP contribution in [-0.2, 0) is 27.2 Å². The second kappa shape index (κ2) is 21.4. The molecule has 4 heterocycles. The number of carbonyl (C=O) groups is 2. The Bertz CT molecular complexity index is 1590. The third kappa shape index (κ3) is 14.9. The highest BCUT2D eigenvalue weighted by atomic mass is 31.2. The summed E-state index contributed by atoms with van der Waals surface area (Å²) in [5, 5.41) is 23.3. The van der Waals surface area contributed by atoms with Gasteiger partial charge in [-0.2, -0.15) is 4.98 Å². The van der Waals surface area contributed by atoms with E-state index in [0.717, 1.165) is 62.3 Å². The number of anilines is 2. The number of nitrogens with one attached hydrogen (secondary N) is 6. The Morgan fingerprint density at radius 3 is 2.60 bits per heavy atom. The lowest BCUT2D eigenvalue weighted by atomic mass is 9.95. The molecule has 306 valence electrons. The number of nitrogens with zero attached hydrogens (tertiary/aromatic N) is 8. The van der Waals surface area contributed by atoms with E-state index in [1.54, 1.807) is 11.1 Å². The summed E-state index contributed by atoms with van der Waals surface area (Å²) in [6.07, 6.45) is 12.5. The molecular formula is C34H60N15O5P. The Kier molecular flexibility index (Phi) is 16.4. The topological polar surface area (TPSA) is 256 Å². The number of carbonyl (C=O) groups excluding carboxylic acids is 2. The van der Waals surface area contributed by atoms with Crippen LogP contribution in [0, 0.1) is 6.92 Å². The Morgan fingerprint density at radius 1 is 1.04 bits per heavy atom. The van der Waals surface area contributed by atoms with Gasteiger partial charge >= 0.3 is 7.60 Å². The number of hydrogen-bond acceptors (Lipinski definition) is 15. The molecule has 0 unspecified atom stereocenters. The van der Waals surface area contributed by atoms with Gasteiger partial charge in [-0.3, -0.25) is 23.8 Å². The molecule has 5 rings (SSSR count). The quantitative estimate of drug-likeness (QED) is 0.0538. The maximum absolute atomic E-state index is 13.0. The molecule has 3 aliphatic rings. The summed E-state index contributed by atoms with van der Waals surface area (Å²) in [5.74, 6) is 0.837. The molecule has 20 nitrogen and oxygen atoms in total. The molecule has 0 aromatic carbocycles. The average Bonchev–Trinajstić information content (AvgIpc) is 3.84. The number of piperazine rings is 1. The van der Waals surface area contributed by atoms with Gasteiger partial charge in [0, 0.05) is 69.7 Å². The molecule has 0 spiro atoms. The van der Waals surface area contributed by atoms with E-state index in [2.05, 4.69) is 52.4 Å². The molecule has 1 saturated carbocycles. The molecule has 0 bridgehead atoms. The number of hydrazine groups is 2. The smallest absolute Gasteiger partial charge is 0.327 e. The van der Waals surface area contributed by atoms with Crippen LogP contribution in [0.15, 0.2) is 24.2 Å². The molecule has 1 aliphatic carbocycles. The molecule has 2 aromatic rings. The number of aryl methyl sites for hydroxylation is 2. The van der Waals surface area contributed by atoms with Crippen molar-refractivity contribution in [2.75, 3.05) is 75.3 Å². The van der Waals surface area contributed by atoms with Crippen LogP contribution in [0.4, 0.5) is 11.8 Å². The van der Waals surface area contributed by atoms with Gasteiger partial charge in [-0.05, 0) is 58.7 Å². The highest BCUT2D eigenvalue weighted by Gasteiger charge is 2.25. The Balaban J connectivity index is 0.943. The first-order chi connectivity index (χ1) is 26.5. The zero-order valence-corrected chi connectivity index (χ0v) is 32.9. The fraction of sp³-hybridized carbons (Fsp3) is 0.706. The van der Waals surface area contributed by atoms with Gasteiger partial charge in [-0.1, -0.05) is 24.5 Å². The number of nitrogens with two attached hydrogens (primary N) is 1. The van der Waals surface area contributed by atoms with Gasteiger partial charge in [0.05, 0.1) is 37.2 Å². The van der Waals surface area contributed by atoms with E-state index in [4.69, 9.17) is 20.5 Å². The lowest BCUT2D eigenvalue weighted by Gasteiger charge is -2.35. The minimum atomic E-state index is -4.12. The van der Waals surface area contributed by atoms with Crippen molar-refractivity contribution >= 4 is 31.2 Å². The van der Waals surface area contributed by atoms with Crippen LogP contribution in [0.1, 0.15) is 69.2 Å². The second-order valence-electron chi connectivity index (χ2n) is 14.5. The van der Waals surface area contributed by atoms with Crippen molar-refractivity contribution in [1.29, 1.82) is 0 Å². The van der Waals surface area contributed by atoms with Crippen molar-refractivity contribution in [3.63, 3.8) is 0 Å². The SMILES string of the molecule is Cc1cc(N2CCN(C(=O)CC[C@H](N)C(=O)NCC3=CN(CCP(=O)(O)O)NN3)CC2)nc(NCc2cn(CCCNCCCNC3CCCCC3)nn2)n1. The van der Waals surface area contributed by atoms with Crippen molar-refractivity contribution in [1.82, 2.24) is 61.8 Å². The predicted molar refractivity (Wildman–Crippen MR) is 208 cm³/mol. The van der Waals surface area contributed by atoms with E-state index >= 15 is 0 Å². The van der Waals surface area contributed by atoms with Gasteiger partial charge < -0.3 is 52.0 Å². The minimum absolute atomic E-state index is 0.0592. The first-order valence-corrected chi connectivity index (χ1v) is 21.3. The first-order valence-electron chi connectivity index (χ1n) is 19.5. The molecule has 1 saturated heterocycles. The molecular weight excluding hydrogens is 729 g/mol. The molecule has 10 N–H and O–H groups in total. The van der Waals surface area contributed by atoms with E-state index in [9.17, 15) is 14.2 Å². The van der Waals surface area contributed by atoms with Crippen LogP contribution in [0.5, 0.6) is 0 Å². The van der Waals surface area contributed by atoms with Crippen LogP contribution in [0.2, 0.25) is 0 Å². The molecule has 21 heteroatoms. The average molecular weight is 790 g/mol. The van der Waals surface area contributed by atoms with E-state index < -0.39 is 19.5 Å². The fourth-order valence-corrected chi connectivity index (χ4v) is 7.20. The zero-order valence-electron chi connectivity index (χ0n) is 32.0. The van der Waals surface area contributed by atoms with Gasteiger partial charge in [-0.15, -0.1) is 10.6 Å². The van der Waals surface area contributed by atoms with Gasteiger partial charge in [0.25, 0.3) is 0 Å². The van der Waals surface area contributed by atoms with Crippen molar-refractivity contribution < 1.29 is 23.9 Å². The molecule has 55 heavy (non-hydrogen) atoms. The third-order valence-electron chi connectivity index (χ3n) is 9.88. The van der Waals surface area contributed by atoms with Crippen LogP contribution >= 0.6 is 7.60 Å². The maximum atomic E-state index is 13.0. The number of hydrogen-bond donors (Lipinski definition) is 9. The van der Waals surface area contributed by atoms with Crippen molar-refractivity contribution in [3.05, 3.63) is 35.5 Å². The Morgan fingerprint density at radius 2 is 1.82 bits per heavy atom.